The van der Waals surface area contributed by atoms with Crippen molar-refractivity contribution >= 4 is 18.0 Å². The highest BCUT2D eigenvalue weighted by molar-refractivity contribution is 5.85. The summed E-state index contributed by atoms with van der Waals surface area (Å²) in [4.78, 5) is 35.4. The minimum absolute atomic E-state index is 0.00598. The van der Waals surface area contributed by atoms with E-state index in [0.29, 0.717) is 0 Å². The standard InChI is InChI=1S/C23H26N2O6/c1-14(21(27)25-20(10-11-26)22(28)29)12-24-23(30)31-13-19-17-8-4-2-6-15(17)16-7-3-5-9-18(16)19/h2-9,14,19-20,26H,10-13H2,1H3,(H,24,30)(H,25,27)(H,28,29)/t14?,20-/m1/s1. The molecule has 0 aromatic heterocycles. The summed E-state index contributed by atoms with van der Waals surface area (Å²) in [6.07, 6.45) is -0.736. The van der Waals surface area contributed by atoms with Crippen molar-refractivity contribution in [3.8, 4) is 11.1 Å². The molecule has 1 aliphatic rings. The van der Waals surface area contributed by atoms with Gasteiger partial charge in [0.1, 0.15) is 12.6 Å². The van der Waals surface area contributed by atoms with E-state index in [-0.39, 0.29) is 32.1 Å². The van der Waals surface area contributed by atoms with Crippen LogP contribution in [0.15, 0.2) is 48.5 Å². The molecule has 0 spiro atoms. The van der Waals surface area contributed by atoms with Gasteiger partial charge in [-0.05, 0) is 22.3 Å². The predicted molar refractivity (Wildman–Crippen MR) is 114 cm³/mol. The summed E-state index contributed by atoms with van der Waals surface area (Å²) in [6.45, 7) is 1.37. The number of aliphatic hydroxyl groups excluding tert-OH is 1. The number of hydrogen-bond donors (Lipinski definition) is 4. The van der Waals surface area contributed by atoms with Gasteiger partial charge in [-0.15, -0.1) is 0 Å². The number of aliphatic hydroxyl groups is 1. The monoisotopic (exact) mass is 426 g/mol. The number of amides is 2. The Balaban J connectivity index is 1.52. The molecule has 3 rings (SSSR count). The maximum absolute atomic E-state index is 12.2. The quantitative estimate of drug-likeness (QED) is 0.487. The lowest BCUT2D eigenvalue weighted by Gasteiger charge is -2.18. The van der Waals surface area contributed by atoms with E-state index < -0.39 is 29.9 Å². The van der Waals surface area contributed by atoms with Gasteiger partial charge in [0.15, 0.2) is 0 Å². The summed E-state index contributed by atoms with van der Waals surface area (Å²) in [7, 11) is 0. The fourth-order valence-electron chi connectivity index (χ4n) is 3.68. The largest absolute Gasteiger partial charge is 0.480 e. The molecule has 31 heavy (non-hydrogen) atoms. The van der Waals surface area contributed by atoms with Gasteiger partial charge in [0.25, 0.3) is 0 Å². The highest BCUT2D eigenvalue weighted by atomic mass is 16.5. The van der Waals surface area contributed by atoms with E-state index >= 15 is 0 Å². The molecular weight excluding hydrogens is 400 g/mol. The van der Waals surface area contributed by atoms with Crippen molar-refractivity contribution in [2.24, 2.45) is 5.92 Å². The van der Waals surface area contributed by atoms with Crippen LogP contribution >= 0.6 is 0 Å². The SMILES string of the molecule is CC(CNC(=O)OCC1c2ccccc2-c2ccccc21)C(=O)N[C@H](CCO)C(=O)O. The van der Waals surface area contributed by atoms with Crippen molar-refractivity contribution in [1.82, 2.24) is 10.6 Å². The molecule has 0 aliphatic heterocycles. The van der Waals surface area contributed by atoms with Gasteiger partial charge in [-0.2, -0.15) is 0 Å². The average molecular weight is 426 g/mol. The Morgan fingerprint density at radius 2 is 1.61 bits per heavy atom. The van der Waals surface area contributed by atoms with Gasteiger partial charge in [-0.3, -0.25) is 4.79 Å². The molecule has 1 aliphatic carbocycles. The maximum Gasteiger partial charge on any atom is 0.407 e. The number of nitrogens with one attached hydrogen (secondary N) is 2. The summed E-state index contributed by atoms with van der Waals surface area (Å²) >= 11 is 0. The molecular formula is C23H26N2O6. The lowest BCUT2D eigenvalue weighted by atomic mass is 9.98. The second kappa shape index (κ2) is 10.1. The number of carboxylic acids is 1. The van der Waals surface area contributed by atoms with Crippen LogP contribution in [-0.2, 0) is 14.3 Å². The van der Waals surface area contributed by atoms with Gasteiger partial charge in [-0.1, -0.05) is 55.5 Å². The van der Waals surface area contributed by atoms with Crippen molar-refractivity contribution in [2.75, 3.05) is 19.8 Å². The lowest BCUT2D eigenvalue weighted by molar-refractivity contribution is -0.142. The number of hydrogen-bond acceptors (Lipinski definition) is 5. The number of aliphatic carboxylic acids is 1. The van der Waals surface area contributed by atoms with Crippen molar-refractivity contribution in [3.63, 3.8) is 0 Å². The number of fused-ring (bicyclic) bond motifs is 3. The van der Waals surface area contributed by atoms with E-state index in [1.165, 1.54) is 0 Å². The highest BCUT2D eigenvalue weighted by Crippen LogP contribution is 2.44. The predicted octanol–water partition coefficient (Wildman–Crippen LogP) is 2.11. The third-order valence-electron chi connectivity index (χ3n) is 5.38. The number of benzene rings is 2. The molecule has 0 radical (unpaired) electrons. The van der Waals surface area contributed by atoms with Gasteiger partial charge in [0, 0.05) is 25.5 Å². The molecule has 8 heteroatoms. The average Bonchev–Trinajstić information content (AvgIpc) is 3.09. The van der Waals surface area contributed by atoms with Crippen LogP contribution in [0.1, 0.15) is 30.4 Å². The molecule has 2 aromatic rings. The molecule has 0 heterocycles. The first-order valence-corrected chi connectivity index (χ1v) is 10.1. The number of rotatable bonds is 9. The van der Waals surface area contributed by atoms with Crippen LogP contribution in [0, 0.1) is 5.92 Å². The normalized spacial score (nSPS) is 14.1. The Labute approximate surface area is 180 Å². The molecule has 0 saturated heterocycles. The van der Waals surface area contributed by atoms with Crippen molar-refractivity contribution in [1.29, 1.82) is 0 Å². The van der Waals surface area contributed by atoms with Crippen molar-refractivity contribution in [2.45, 2.75) is 25.3 Å². The van der Waals surface area contributed by atoms with Crippen molar-refractivity contribution < 1.29 is 29.3 Å². The van der Waals surface area contributed by atoms with Gasteiger partial charge >= 0.3 is 12.1 Å². The molecule has 0 fully saturated rings. The maximum atomic E-state index is 12.2. The molecule has 0 bridgehead atoms. The Bertz CT molecular complexity index is 915. The summed E-state index contributed by atoms with van der Waals surface area (Å²) in [6, 6.07) is 14.9. The smallest absolute Gasteiger partial charge is 0.407 e. The zero-order valence-corrected chi connectivity index (χ0v) is 17.2. The summed E-state index contributed by atoms with van der Waals surface area (Å²) in [5.74, 6) is -2.48. The third kappa shape index (κ3) is 5.21. The molecule has 2 amide bonds. The zero-order chi connectivity index (χ0) is 22.4. The number of carbonyl (C=O) groups excluding carboxylic acids is 2. The zero-order valence-electron chi connectivity index (χ0n) is 17.2. The van der Waals surface area contributed by atoms with Crippen LogP contribution < -0.4 is 10.6 Å². The first kappa shape index (κ1) is 22.3. The second-order valence-electron chi connectivity index (χ2n) is 7.52. The Morgan fingerprint density at radius 1 is 1.03 bits per heavy atom. The first-order chi connectivity index (χ1) is 14.9. The Hall–Kier alpha value is -3.39. The molecule has 2 atom stereocenters. The van der Waals surface area contributed by atoms with Gasteiger partial charge < -0.3 is 25.6 Å². The number of carbonyl (C=O) groups is 3. The highest BCUT2D eigenvalue weighted by Gasteiger charge is 2.29. The van der Waals surface area contributed by atoms with Crippen LogP contribution in [-0.4, -0.2) is 54.0 Å². The van der Waals surface area contributed by atoms with Crippen LogP contribution in [0.4, 0.5) is 4.79 Å². The van der Waals surface area contributed by atoms with E-state index in [4.69, 9.17) is 14.9 Å². The fourth-order valence-corrected chi connectivity index (χ4v) is 3.68. The summed E-state index contributed by atoms with van der Waals surface area (Å²) in [5, 5.41) is 22.8. The number of ether oxygens (including phenoxy) is 1. The van der Waals surface area contributed by atoms with E-state index in [0.717, 1.165) is 22.3 Å². The van der Waals surface area contributed by atoms with Crippen LogP contribution in [0.2, 0.25) is 0 Å². The second-order valence-corrected chi connectivity index (χ2v) is 7.52. The van der Waals surface area contributed by atoms with E-state index in [2.05, 4.69) is 22.8 Å². The van der Waals surface area contributed by atoms with Crippen LogP contribution in [0.5, 0.6) is 0 Å². The number of carboxylic acid groups (broad SMARTS) is 1. The lowest BCUT2D eigenvalue weighted by Crippen LogP contribution is -2.46. The Kier molecular flexibility index (Phi) is 7.25. The molecule has 164 valence electrons. The van der Waals surface area contributed by atoms with Gasteiger partial charge in [-0.25, -0.2) is 9.59 Å². The van der Waals surface area contributed by atoms with Crippen LogP contribution in [0.25, 0.3) is 11.1 Å². The van der Waals surface area contributed by atoms with Crippen LogP contribution in [0.3, 0.4) is 0 Å². The first-order valence-electron chi connectivity index (χ1n) is 10.1. The third-order valence-corrected chi connectivity index (χ3v) is 5.38. The summed E-state index contributed by atoms with van der Waals surface area (Å²) < 4.78 is 5.42. The van der Waals surface area contributed by atoms with Crippen molar-refractivity contribution in [3.05, 3.63) is 59.7 Å². The van der Waals surface area contributed by atoms with E-state index in [1.54, 1.807) is 6.92 Å². The fraction of sp³-hybridized carbons (Fsp3) is 0.348. The van der Waals surface area contributed by atoms with Gasteiger partial charge in [0.2, 0.25) is 5.91 Å². The van der Waals surface area contributed by atoms with Gasteiger partial charge in [0.05, 0.1) is 5.92 Å². The molecule has 1 unspecified atom stereocenters. The van der Waals surface area contributed by atoms with E-state index in [1.807, 2.05) is 36.4 Å². The van der Waals surface area contributed by atoms with E-state index in [9.17, 15) is 14.4 Å². The minimum atomic E-state index is -1.22. The molecule has 8 nitrogen and oxygen atoms in total. The minimum Gasteiger partial charge on any atom is -0.480 e. The topological polar surface area (TPSA) is 125 Å². The number of alkyl carbamates (subject to hydrolysis) is 1. The summed E-state index contributed by atoms with van der Waals surface area (Å²) in [5.41, 5.74) is 4.47. The molecule has 0 saturated carbocycles. The molecule has 4 N–H and O–H groups in total. The Morgan fingerprint density at radius 3 is 2.16 bits per heavy atom. The molecule has 2 aromatic carbocycles.